The Morgan fingerprint density at radius 1 is 1.37 bits per heavy atom. The summed E-state index contributed by atoms with van der Waals surface area (Å²) in [6.45, 7) is 7.66. The van der Waals surface area contributed by atoms with Crippen molar-refractivity contribution in [1.82, 2.24) is 20.1 Å². The highest BCUT2D eigenvalue weighted by atomic mass is 16.4. The molecular formula is C17H31N6O4+. The van der Waals surface area contributed by atoms with Gasteiger partial charge in [0.15, 0.2) is 0 Å². The predicted octanol–water partition coefficient (Wildman–Crippen LogP) is -0.215. The van der Waals surface area contributed by atoms with E-state index in [1.807, 2.05) is 13.8 Å². The zero-order valence-electron chi connectivity index (χ0n) is 16.7. The number of likely N-dealkylation sites (tertiary alicyclic amines) is 1. The Morgan fingerprint density at radius 2 is 2.00 bits per heavy atom. The zero-order valence-corrected chi connectivity index (χ0v) is 16.7. The number of Topliss-reactive ketones (excluding diaryl/α,β-unsaturated/α-hetero) is 1. The van der Waals surface area contributed by atoms with E-state index in [0.717, 1.165) is 5.69 Å². The van der Waals surface area contributed by atoms with Crippen LogP contribution in [0.5, 0.6) is 0 Å². The third-order valence-electron chi connectivity index (χ3n) is 4.82. The van der Waals surface area contributed by atoms with Crippen LogP contribution in [-0.2, 0) is 21.4 Å². The molecule has 1 aromatic heterocycles. The summed E-state index contributed by atoms with van der Waals surface area (Å²) in [6, 6.07) is 1.16. The van der Waals surface area contributed by atoms with Gasteiger partial charge in [0.05, 0.1) is 5.69 Å². The highest BCUT2D eigenvalue weighted by Crippen LogP contribution is 2.25. The molecular weight excluding hydrogens is 352 g/mol. The molecule has 10 heteroatoms. The van der Waals surface area contributed by atoms with Gasteiger partial charge in [-0.05, 0) is 26.2 Å². The first-order valence-corrected chi connectivity index (χ1v) is 8.91. The monoisotopic (exact) mass is 383 g/mol. The zero-order chi connectivity index (χ0) is 20.8. The molecule has 0 saturated carbocycles. The number of anilines is 1. The molecule has 0 spiro atoms. The fourth-order valence-electron chi connectivity index (χ4n) is 2.80. The van der Waals surface area contributed by atoms with Crippen LogP contribution in [0, 0.1) is 12.3 Å². The average Bonchev–Trinajstić information content (AvgIpc) is 3.26. The highest BCUT2D eigenvalue weighted by molar-refractivity contribution is 6.38. The SMILES string of the molecule is CCC(C)(C)C(=O)C(=O)N1CCCC1C(=O)NNc1cc(C)nn1C.[NH3+]O. The Bertz CT molecular complexity index is 685. The maximum absolute atomic E-state index is 12.6. The second kappa shape index (κ2) is 9.47. The van der Waals surface area contributed by atoms with Gasteiger partial charge < -0.3 is 4.90 Å². The molecule has 152 valence electrons. The summed E-state index contributed by atoms with van der Waals surface area (Å²) in [5.41, 5.74) is 5.54. The molecule has 1 aliphatic rings. The highest BCUT2D eigenvalue weighted by Gasteiger charge is 2.41. The summed E-state index contributed by atoms with van der Waals surface area (Å²) in [6.07, 6.45) is 1.82. The number of aromatic nitrogens is 2. The average molecular weight is 383 g/mol. The fourth-order valence-corrected chi connectivity index (χ4v) is 2.80. The predicted molar refractivity (Wildman–Crippen MR) is 98.2 cm³/mol. The first-order valence-electron chi connectivity index (χ1n) is 8.91. The lowest BCUT2D eigenvalue weighted by molar-refractivity contribution is -0.670. The van der Waals surface area contributed by atoms with Gasteiger partial charge in [-0.2, -0.15) is 5.10 Å². The number of aryl methyl sites for hydroxylation is 2. The number of quaternary nitrogens is 1. The van der Waals surface area contributed by atoms with E-state index in [0.29, 0.717) is 31.6 Å². The summed E-state index contributed by atoms with van der Waals surface area (Å²) < 4.78 is 1.61. The Labute approximate surface area is 159 Å². The van der Waals surface area contributed by atoms with Gasteiger partial charge in [-0.1, -0.05) is 20.8 Å². The first kappa shape index (κ1) is 22.6. The number of rotatable bonds is 6. The molecule has 1 saturated heterocycles. The Hall–Kier alpha value is -2.46. The number of hydrazine groups is 1. The first-order chi connectivity index (χ1) is 12.7. The third-order valence-corrected chi connectivity index (χ3v) is 4.82. The summed E-state index contributed by atoms with van der Waals surface area (Å²) in [5, 5.41) is 10.9. The van der Waals surface area contributed by atoms with E-state index in [1.165, 1.54) is 4.90 Å². The van der Waals surface area contributed by atoms with Gasteiger partial charge >= 0.3 is 0 Å². The standard InChI is InChI=1S/C17H27N5O3.H4NO/c1-6-17(3,4)14(23)16(25)22-9-7-8-12(22)15(24)19-18-13-10-11(2)20-21(13)5;1-2/h10,12,18H,6-9H2,1-5H3,(H,19,24);2H,1H3/q;+1. The number of nitrogens with zero attached hydrogens (tertiary/aromatic N) is 3. The van der Waals surface area contributed by atoms with Crippen LogP contribution in [0.3, 0.4) is 0 Å². The van der Waals surface area contributed by atoms with Gasteiger partial charge in [0.25, 0.3) is 11.8 Å². The van der Waals surface area contributed by atoms with E-state index >= 15 is 0 Å². The van der Waals surface area contributed by atoms with Gasteiger partial charge in [-0.15, -0.1) is 0 Å². The van der Waals surface area contributed by atoms with Crippen molar-refractivity contribution >= 4 is 23.4 Å². The van der Waals surface area contributed by atoms with Gasteiger partial charge in [0, 0.05) is 25.1 Å². The number of carbonyl (C=O) groups is 3. The largest absolute Gasteiger partial charge is 0.324 e. The lowest BCUT2D eigenvalue weighted by Crippen LogP contribution is -2.51. The van der Waals surface area contributed by atoms with E-state index in [1.54, 1.807) is 31.6 Å². The van der Waals surface area contributed by atoms with Gasteiger partial charge in [0.2, 0.25) is 5.78 Å². The van der Waals surface area contributed by atoms with Crippen molar-refractivity contribution in [1.29, 1.82) is 0 Å². The molecule has 2 rings (SSSR count). The smallest absolute Gasteiger partial charge is 0.291 e. The molecule has 1 aliphatic heterocycles. The number of hydrogen-bond acceptors (Lipinski definition) is 6. The van der Waals surface area contributed by atoms with Crippen molar-refractivity contribution in [3.05, 3.63) is 11.8 Å². The van der Waals surface area contributed by atoms with Crippen LogP contribution in [0.2, 0.25) is 0 Å². The topological polar surface area (TPSA) is 144 Å². The van der Waals surface area contributed by atoms with E-state index in [-0.39, 0.29) is 5.91 Å². The minimum Gasteiger partial charge on any atom is -0.324 e. The van der Waals surface area contributed by atoms with Crippen LogP contribution in [0.4, 0.5) is 5.82 Å². The number of nitrogens with one attached hydrogen (secondary N) is 2. The van der Waals surface area contributed by atoms with Crippen molar-refractivity contribution in [3.8, 4) is 0 Å². The maximum Gasteiger partial charge on any atom is 0.291 e. The van der Waals surface area contributed by atoms with Crippen molar-refractivity contribution < 1.29 is 25.5 Å². The number of carbonyl (C=O) groups excluding carboxylic acids is 3. The molecule has 1 atom stereocenters. The van der Waals surface area contributed by atoms with Crippen LogP contribution in [0.15, 0.2) is 6.07 Å². The fraction of sp³-hybridized carbons (Fsp3) is 0.647. The molecule has 2 heterocycles. The third kappa shape index (κ3) is 5.27. The van der Waals surface area contributed by atoms with Crippen molar-refractivity contribution in [2.45, 2.75) is 53.0 Å². The Balaban J connectivity index is 0.00000176. The minimum atomic E-state index is -0.717. The number of amides is 2. The summed E-state index contributed by atoms with van der Waals surface area (Å²) in [5.74, 6) is 1.56. The van der Waals surface area contributed by atoms with E-state index in [4.69, 9.17) is 5.21 Å². The Kier molecular flexibility index (Phi) is 7.92. The Morgan fingerprint density at radius 3 is 2.52 bits per heavy atom. The maximum atomic E-state index is 12.6. The van der Waals surface area contributed by atoms with Crippen LogP contribution >= 0.6 is 0 Å². The number of ketones is 1. The normalized spacial score (nSPS) is 16.4. The number of hydrogen-bond donors (Lipinski definition) is 4. The van der Waals surface area contributed by atoms with Gasteiger partial charge in [-0.25, -0.2) is 11.1 Å². The van der Waals surface area contributed by atoms with E-state index in [2.05, 4.69) is 21.8 Å². The van der Waals surface area contributed by atoms with Crippen LogP contribution in [-0.4, -0.2) is 50.1 Å². The van der Waals surface area contributed by atoms with Crippen molar-refractivity contribution in [2.24, 2.45) is 12.5 Å². The summed E-state index contributed by atoms with van der Waals surface area (Å²) >= 11 is 0. The molecule has 2 amide bonds. The lowest BCUT2D eigenvalue weighted by Gasteiger charge is -2.27. The van der Waals surface area contributed by atoms with E-state index in [9.17, 15) is 14.4 Å². The molecule has 0 bridgehead atoms. The molecule has 0 aromatic carbocycles. The van der Waals surface area contributed by atoms with Crippen LogP contribution in [0.1, 0.15) is 45.7 Å². The second-order valence-electron chi connectivity index (χ2n) is 7.13. The quantitative estimate of drug-likeness (QED) is 0.395. The van der Waals surface area contributed by atoms with Gasteiger partial charge in [0.1, 0.15) is 11.9 Å². The summed E-state index contributed by atoms with van der Waals surface area (Å²) in [4.78, 5) is 38.9. The lowest BCUT2D eigenvalue weighted by atomic mass is 9.84. The van der Waals surface area contributed by atoms with Crippen molar-refractivity contribution in [2.75, 3.05) is 12.0 Å². The molecule has 0 aliphatic carbocycles. The molecule has 1 fully saturated rings. The molecule has 6 N–H and O–H groups in total. The van der Waals surface area contributed by atoms with Crippen LogP contribution < -0.4 is 16.7 Å². The molecule has 27 heavy (non-hydrogen) atoms. The van der Waals surface area contributed by atoms with Crippen LogP contribution in [0.25, 0.3) is 0 Å². The second-order valence-corrected chi connectivity index (χ2v) is 7.13. The summed E-state index contributed by atoms with van der Waals surface area (Å²) in [7, 11) is 1.76. The molecule has 0 radical (unpaired) electrons. The van der Waals surface area contributed by atoms with Gasteiger partial charge in [-0.3, -0.25) is 29.9 Å². The molecule has 1 aromatic rings. The molecule has 1 unspecified atom stereocenters. The van der Waals surface area contributed by atoms with Crippen molar-refractivity contribution in [3.63, 3.8) is 0 Å². The van der Waals surface area contributed by atoms with E-state index < -0.39 is 23.1 Å². The minimum absolute atomic E-state index is 0.327. The molecule has 10 nitrogen and oxygen atoms in total.